The number of nitrogens with zero attached hydrogens (tertiary/aromatic N) is 1. The van der Waals surface area contributed by atoms with Crippen LogP contribution >= 0.6 is 0 Å². The lowest BCUT2D eigenvalue weighted by Crippen LogP contribution is -2.50. The molecular weight excluding hydrogens is 314 g/mol. The molecule has 0 N–H and O–H groups in total. The zero-order valence-corrected chi connectivity index (χ0v) is 18.3. The molecule has 0 fully saturated rings. The summed E-state index contributed by atoms with van der Waals surface area (Å²) in [6, 6.07) is 11.9. The third-order valence-electron chi connectivity index (χ3n) is 6.03. The summed E-state index contributed by atoms with van der Waals surface area (Å²) in [5.74, 6) is 0. The first-order chi connectivity index (χ1) is 12.6. The second kappa shape index (κ2) is 14.3. The normalized spacial score (nSPS) is 13.1. The number of unbranched alkanes of at least 4 members (excludes halogenated alkanes) is 9. The minimum Gasteiger partial charge on any atom is -0.326 e. The van der Waals surface area contributed by atoms with Crippen LogP contribution < -0.4 is 0 Å². The van der Waals surface area contributed by atoms with Gasteiger partial charge in [0.25, 0.3) is 0 Å². The van der Waals surface area contributed by atoms with E-state index in [1.807, 2.05) is 0 Å². The molecule has 0 aliphatic heterocycles. The van der Waals surface area contributed by atoms with Crippen molar-refractivity contribution in [1.29, 1.82) is 0 Å². The molecule has 0 amide bonds. The zero-order chi connectivity index (χ0) is 19.1. The van der Waals surface area contributed by atoms with Crippen molar-refractivity contribution in [1.82, 2.24) is 0 Å². The maximum atomic E-state index is 2.47. The molecule has 0 spiro atoms. The largest absolute Gasteiger partial charge is 0.326 e. The van der Waals surface area contributed by atoms with E-state index in [1.165, 1.54) is 100 Å². The lowest BCUT2D eigenvalue weighted by atomic mass is 9.96. The van der Waals surface area contributed by atoms with Gasteiger partial charge >= 0.3 is 0 Å². The Balaban J connectivity index is 2.49. The SMILES string of the molecule is CCCCCCCCCC(Cc1ccccc1)[N+](C)(C)CCCCCC. The van der Waals surface area contributed by atoms with Gasteiger partial charge in [-0.05, 0) is 31.2 Å². The van der Waals surface area contributed by atoms with Crippen molar-refractivity contribution in [3.63, 3.8) is 0 Å². The Bertz CT molecular complexity index is 423. The Morgan fingerprint density at radius 3 is 1.85 bits per heavy atom. The summed E-state index contributed by atoms with van der Waals surface area (Å²) in [5.41, 5.74) is 1.51. The van der Waals surface area contributed by atoms with Crippen molar-refractivity contribution in [2.24, 2.45) is 0 Å². The smallest absolute Gasteiger partial charge is 0.0927 e. The molecule has 0 heterocycles. The number of benzene rings is 1. The highest BCUT2D eigenvalue weighted by atomic mass is 15.3. The average molecular weight is 361 g/mol. The molecule has 0 radical (unpaired) electrons. The van der Waals surface area contributed by atoms with E-state index in [0.29, 0.717) is 0 Å². The first kappa shape index (κ1) is 23.2. The van der Waals surface area contributed by atoms with Gasteiger partial charge in [0.1, 0.15) is 0 Å². The lowest BCUT2D eigenvalue weighted by molar-refractivity contribution is -0.915. The van der Waals surface area contributed by atoms with Crippen molar-refractivity contribution in [2.75, 3.05) is 20.6 Å². The van der Waals surface area contributed by atoms with Crippen LogP contribution in [0.1, 0.15) is 96.5 Å². The second-order valence-corrected chi connectivity index (χ2v) is 8.82. The van der Waals surface area contributed by atoms with Crippen LogP contribution in [0.15, 0.2) is 30.3 Å². The molecule has 0 aliphatic rings. The Morgan fingerprint density at radius 2 is 1.23 bits per heavy atom. The molecule has 1 aromatic rings. The van der Waals surface area contributed by atoms with Gasteiger partial charge in [-0.25, -0.2) is 0 Å². The van der Waals surface area contributed by atoms with E-state index in [2.05, 4.69) is 58.3 Å². The first-order valence-electron chi connectivity index (χ1n) is 11.5. The van der Waals surface area contributed by atoms with E-state index in [1.54, 1.807) is 0 Å². The fourth-order valence-electron chi connectivity index (χ4n) is 4.05. The van der Waals surface area contributed by atoms with Crippen LogP contribution in [-0.2, 0) is 6.42 Å². The van der Waals surface area contributed by atoms with Gasteiger partial charge in [-0.3, -0.25) is 0 Å². The molecule has 26 heavy (non-hydrogen) atoms. The summed E-state index contributed by atoms with van der Waals surface area (Å²) in [5, 5.41) is 0. The minimum atomic E-state index is 0.759. The quantitative estimate of drug-likeness (QED) is 0.213. The summed E-state index contributed by atoms with van der Waals surface area (Å²) in [6.45, 7) is 5.93. The highest BCUT2D eigenvalue weighted by Gasteiger charge is 2.27. The summed E-state index contributed by atoms with van der Waals surface area (Å²) in [4.78, 5) is 0. The average Bonchev–Trinajstić information content (AvgIpc) is 2.64. The maximum Gasteiger partial charge on any atom is 0.0927 e. The molecule has 1 heteroatoms. The van der Waals surface area contributed by atoms with Crippen LogP contribution in [0.4, 0.5) is 0 Å². The second-order valence-electron chi connectivity index (χ2n) is 8.82. The van der Waals surface area contributed by atoms with Gasteiger partial charge in [0.2, 0.25) is 0 Å². The Kier molecular flexibility index (Phi) is 12.7. The minimum absolute atomic E-state index is 0.759. The van der Waals surface area contributed by atoms with Crippen LogP contribution in [0.2, 0.25) is 0 Å². The molecule has 150 valence electrons. The van der Waals surface area contributed by atoms with Crippen molar-refractivity contribution in [3.8, 4) is 0 Å². The van der Waals surface area contributed by atoms with Gasteiger partial charge in [-0.15, -0.1) is 0 Å². The predicted molar refractivity (Wildman–Crippen MR) is 118 cm³/mol. The van der Waals surface area contributed by atoms with E-state index in [0.717, 1.165) is 6.04 Å². The fraction of sp³-hybridized carbons (Fsp3) is 0.760. The molecule has 1 nitrogen and oxygen atoms in total. The zero-order valence-electron chi connectivity index (χ0n) is 18.3. The van der Waals surface area contributed by atoms with Gasteiger partial charge in [0.15, 0.2) is 0 Å². The maximum absolute atomic E-state index is 2.47. The molecular formula is C25H46N+. The molecule has 0 aromatic heterocycles. The summed E-state index contributed by atoms with van der Waals surface area (Å²) in [7, 11) is 4.95. The highest BCUT2D eigenvalue weighted by molar-refractivity contribution is 5.15. The summed E-state index contributed by atoms with van der Waals surface area (Å²) < 4.78 is 1.19. The molecule has 0 bridgehead atoms. The monoisotopic (exact) mass is 360 g/mol. The number of rotatable bonds is 16. The van der Waals surface area contributed by atoms with Gasteiger partial charge in [0.05, 0.1) is 26.7 Å². The molecule has 0 saturated heterocycles. The van der Waals surface area contributed by atoms with Crippen LogP contribution in [-0.4, -0.2) is 31.2 Å². The topological polar surface area (TPSA) is 0 Å². The number of hydrogen-bond acceptors (Lipinski definition) is 0. The number of hydrogen-bond donors (Lipinski definition) is 0. The third-order valence-corrected chi connectivity index (χ3v) is 6.03. The van der Waals surface area contributed by atoms with E-state index >= 15 is 0 Å². The number of likely N-dealkylation sites (N-methyl/N-ethyl adjacent to an activating group) is 1. The van der Waals surface area contributed by atoms with Gasteiger partial charge in [-0.2, -0.15) is 0 Å². The summed E-state index contributed by atoms with van der Waals surface area (Å²) >= 11 is 0. The van der Waals surface area contributed by atoms with Crippen molar-refractivity contribution < 1.29 is 4.48 Å². The van der Waals surface area contributed by atoms with Crippen molar-refractivity contribution in [2.45, 2.75) is 103 Å². The molecule has 0 aliphatic carbocycles. The Morgan fingerprint density at radius 1 is 0.692 bits per heavy atom. The molecule has 1 aromatic carbocycles. The van der Waals surface area contributed by atoms with E-state index in [9.17, 15) is 0 Å². The fourth-order valence-corrected chi connectivity index (χ4v) is 4.05. The van der Waals surface area contributed by atoms with Crippen molar-refractivity contribution >= 4 is 0 Å². The van der Waals surface area contributed by atoms with Crippen LogP contribution in [0, 0.1) is 0 Å². The van der Waals surface area contributed by atoms with Crippen LogP contribution in [0.25, 0.3) is 0 Å². The third kappa shape index (κ3) is 10.4. The van der Waals surface area contributed by atoms with E-state index in [4.69, 9.17) is 0 Å². The van der Waals surface area contributed by atoms with E-state index < -0.39 is 0 Å². The standard InChI is InChI=1S/C25H46N/c1-5-7-9-11-12-13-17-21-25(23-24-19-15-14-16-20-24)26(3,4)22-18-10-8-6-2/h14-16,19-20,25H,5-13,17-18,21-23H2,1-4H3/q+1. The highest BCUT2D eigenvalue weighted by Crippen LogP contribution is 2.21. The lowest BCUT2D eigenvalue weighted by Gasteiger charge is -2.39. The van der Waals surface area contributed by atoms with E-state index in [-0.39, 0.29) is 0 Å². The Hall–Kier alpha value is -0.820. The Labute approximate surface area is 164 Å². The summed E-state index contributed by atoms with van der Waals surface area (Å²) in [6.07, 6.45) is 18.0. The predicted octanol–water partition coefficient (Wildman–Crippen LogP) is 7.40. The van der Waals surface area contributed by atoms with Gasteiger partial charge in [0, 0.05) is 6.42 Å². The molecule has 1 rings (SSSR count). The molecule has 1 atom stereocenters. The first-order valence-corrected chi connectivity index (χ1v) is 11.5. The van der Waals surface area contributed by atoms with Crippen LogP contribution in [0.5, 0.6) is 0 Å². The van der Waals surface area contributed by atoms with Gasteiger partial charge < -0.3 is 4.48 Å². The van der Waals surface area contributed by atoms with Crippen LogP contribution in [0.3, 0.4) is 0 Å². The van der Waals surface area contributed by atoms with Gasteiger partial charge in [-0.1, -0.05) is 95.5 Å². The molecule has 1 unspecified atom stereocenters. The molecule has 0 saturated carbocycles. The van der Waals surface area contributed by atoms with Crippen molar-refractivity contribution in [3.05, 3.63) is 35.9 Å². The number of quaternary nitrogens is 1.